The second-order valence-electron chi connectivity index (χ2n) is 9.15. The fourth-order valence-corrected chi connectivity index (χ4v) is 5.61. The summed E-state index contributed by atoms with van der Waals surface area (Å²) in [6.07, 6.45) is 4.67. The Balaban J connectivity index is 1.32. The lowest BCUT2D eigenvalue weighted by Gasteiger charge is -2.41. The summed E-state index contributed by atoms with van der Waals surface area (Å²) < 4.78 is 25.7. The van der Waals surface area contributed by atoms with Crippen LogP contribution in [0.1, 0.15) is 38.5 Å². The number of hydrogen-bond donors (Lipinski definition) is 0. The minimum absolute atomic E-state index is 0.234. The van der Waals surface area contributed by atoms with E-state index in [-0.39, 0.29) is 17.8 Å². The number of cyclic esters (lactones) is 1. The number of hydrogen-bond acceptors (Lipinski definition) is 5. The van der Waals surface area contributed by atoms with Gasteiger partial charge in [0.25, 0.3) is 0 Å². The van der Waals surface area contributed by atoms with E-state index in [1.165, 1.54) is 11.0 Å². The fourth-order valence-electron chi connectivity index (χ4n) is 5.61. The summed E-state index contributed by atoms with van der Waals surface area (Å²) in [5, 5.41) is 0. The molecule has 5 rings (SSSR count). The third-order valence-corrected chi connectivity index (χ3v) is 7.31. The van der Waals surface area contributed by atoms with Crippen molar-refractivity contribution in [1.29, 1.82) is 0 Å². The van der Waals surface area contributed by atoms with Crippen molar-refractivity contribution in [3.8, 4) is 0 Å². The SMILES string of the molecule is O=C1OCCCN1c1ccc(N2CCC[C@]3(CCN(C4CCOCC4)C3=O)C2)c(F)c1. The third-order valence-electron chi connectivity index (χ3n) is 7.31. The molecule has 4 heterocycles. The van der Waals surface area contributed by atoms with Gasteiger partial charge in [0.15, 0.2) is 0 Å². The smallest absolute Gasteiger partial charge is 0.414 e. The molecule has 1 spiro atoms. The Morgan fingerprint density at radius 2 is 1.84 bits per heavy atom. The summed E-state index contributed by atoms with van der Waals surface area (Å²) in [5.74, 6) is -0.128. The Morgan fingerprint density at radius 1 is 1.00 bits per heavy atom. The summed E-state index contributed by atoms with van der Waals surface area (Å²) in [6.45, 7) is 4.44. The maximum absolute atomic E-state index is 15.1. The molecule has 0 bridgehead atoms. The summed E-state index contributed by atoms with van der Waals surface area (Å²) in [4.78, 5) is 31.0. The van der Waals surface area contributed by atoms with Gasteiger partial charge in [0.1, 0.15) is 5.82 Å². The highest BCUT2D eigenvalue weighted by Gasteiger charge is 2.50. The van der Waals surface area contributed by atoms with Crippen LogP contribution in [-0.2, 0) is 14.3 Å². The van der Waals surface area contributed by atoms with E-state index in [2.05, 4.69) is 4.90 Å². The van der Waals surface area contributed by atoms with Crippen LogP contribution in [0.3, 0.4) is 0 Å². The average molecular weight is 432 g/mol. The first kappa shape index (κ1) is 20.5. The van der Waals surface area contributed by atoms with Gasteiger partial charge in [-0.1, -0.05) is 0 Å². The van der Waals surface area contributed by atoms with Gasteiger partial charge in [-0.3, -0.25) is 9.69 Å². The van der Waals surface area contributed by atoms with Crippen molar-refractivity contribution < 1.29 is 23.5 Å². The van der Waals surface area contributed by atoms with Crippen LogP contribution in [0.25, 0.3) is 0 Å². The Kier molecular flexibility index (Phi) is 5.50. The molecule has 8 heteroatoms. The Labute approximate surface area is 182 Å². The number of amides is 2. The van der Waals surface area contributed by atoms with E-state index in [4.69, 9.17) is 9.47 Å². The van der Waals surface area contributed by atoms with Crippen molar-refractivity contribution >= 4 is 23.4 Å². The van der Waals surface area contributed by atoms with E-state index >= 15 is 4.39 Å². The third kappa shape index (κ3) is 3.75. The molecule has 4 aliphatic rings. The largest absolute Gasteiger partial charge is 0.449 e. The van der Waals surface area contributed by atoms with E-state index < -0.39 is 11.5 Å². The van der Waals surface area contributed by atoms with Gasteiger partial charge in [-0.2, -0.15) is 0 Å². The highest BCUT2D eigenvalue weighted by Crippen LogP contribution is 2.43. The highest BCUT2D eigenvalue weighted by atomic mass is 19.1. The van der Waals surface area contributed by atoms with Gasteiger partial charge in [0.2, 0.25) is 5.91 Å². The van der Waals surface area contributed by atoms with Gasteiger partial charge < -0.3 is 19.3 Å². The van der Waals surface area contributed by atoms with Gasteiger partial charge in [-0.15, -0.1) is 0 Å². The second-order valence-corrected chi connectivity index (χ2v) is 9.15. The lowest BCUT2D eigenvalue weighted by atomic mass is 9.78. The van der Waals surface area contributed by atoms with Crippen LogP contribution < -0.4 is 9.80 Å². The maximum Gasteiger partial charge on any atom is 0.414 e. The molecule has 4 aliphatic heterocycles. The number of halogens is 1. The van der Waals surface area contributed by atoms with Gasteiger partial charge in [-0.05, 0) is 56.7 Å². The highest BCUT2D eigenvalue weighted by molar-refractivity contribution is 5.89. The normalized spacial score (nSPS) is 27.8. The zero-order valence-electron chi connectivity index (χ0n) is 17.9. The van der Waals surface area contributed by atoms with Crippen molar-refractivity contribution in [3.63, 3.8) is 0 Å². The summed E-state index contributed by atoms with van der Waals surface area (Å²) in [5.41, 5.74) is 0.601. The van der Waals surface area contributed by atoms with Gasteiger partial charge in [-0.25, -0.2) is 9.18 Å². The van der Waals surface area contributed by atoms with Gasteiger partial charge in [0, 0.05) is 45.4 Å². The van der Waals surface area contributed by atoms with Gasteiger partial charge >= 0.3 is 6.09 Å². The van der Waals surface area contributed by atoms with Crippen molar-refractivity contribution in [2.75, 3.05) is 55.8 Å². The minimum atomic E-state index is -0.430. The predicted octanol–water partition coefficient (Wildman–Crippen LogP) is 3.17. The number of nitrogens with zero attached hydrogens (tertiary/aromatic N) is 3. The molecule has 2 amide bonds. The Bertz CT molecular complexity index is 859. The number of benzene rings is 1. The number of anilines is 2. The molecule has 0 aromatic heterocycles. The van der Waals surface area contributed by atoms with E-state index in [1.54, 1.807) is 12.1 Å². The predicted molar refractivity (Wildman–Crippen MR) is 114 cm³/mol. The molecule has 0 aliphatic carbocycles. The minimum Gasteiger partial charge on any atom is -0.449 e. The first-order valence-corrected chi connectivity index (χ1v) is 11.5. The quantitative estimate of drug-likeness (QED) is 0.736. The number of piperidine rings is 1. The van der Waals surface area contributed by atoms with Crippen LogP contribution in [0.4, 0.5) is 20.6 Å². The van der Waals surface area contributed by atoms with Crippen LogP contribution in [-0.4, -0.2) is 68.9 Å². The van der Waals surface area contributed by atoms with Crippen LogP contribution >= 0.6 is 0 Å². The zero-order valence-corrected chi connectivity index (χ0v) is 17.9. The molecular formula is C23H30FN3O4. The molecule has 1 aromatic rings. The van der Waals surface area contributed by atoms with Crippen molar-refractivity contribution in [1.82, 2.24) is 4.90 Å². The molecular weight excluding hydrogens is 401 g/mol. The number of ether oxygens (including phenoxy) is 2. The molecule has 1 aromatic carbocycles. The molecule has 0 saturated carbocycles. The molecule has 1 atom stereocenters. The molecule has 7 nitrogen and oxygen atoms in total. The van der Waals surface area contributed by atoms with Crippen molar-refractivity contribution in [3.05, 3.63) is 24.0 Å². The van der Waals surface area contributed by atoms with E-state index in [9.17, 15) is 9.59 Å². The molecule has 4 fully saturated rings. The number of carbonyl (C=O) groups excluding carboxylic acids is 2. The molecule has 31 heavy (non-hydrogen) atoms. The lowest BCUT2D eigenvalue weighted by molar-refractivity contribution is -0.139. The van der Waals surface area contributed by atoms with Crippen LogP contribution in [0.2, 0.25) is 0 Å². The molecule has 0 unspecified atom stereocenters. The van der Waals surface area contributed by atoms with Crippen LogP contribution in [0.5, 0.6) is 0 Å². The summed E-state index contributed by atoms with van der Waals surface area (Å²) >= 11 is 0. The average Bonchev–Trinajstić information content (AvgIpc) is 3.10. The van der Waals surface area contributed by atoms with Gasteiger partial charge in [0.05, 0.1) is 23.4 Å². The Morgan fingerprint density at radius 3 is 2.61 bits per heavy atom. The van der Waals surface area contributed by atoms with Crippen molar-refractivity contribution in [2.24, 2.45) is 5.41 Å². The van der Waals surface area contributed by atoms with Crippen LogP contribution in [0, 0.1) is 11.2 Å². The number of carbonyl (C=O) groups is 2. The number of likely N-dealkylation sites (tertiary alicyclic amines) is 1. The first-order chi connectivity index (χ1) is 15.1. The topological polar surface area (TPSA) is 62.3 Å². The fraction of sp³-hybridized carbons (Fsp3) is 0.652. The first-order valence-electron chi connectivity index (χ1n) is 11.5. The maximum atomic E-state index is 15.1. The molecule has 168 valence electrons. The monoisotopic (exact) mass is 431 g/mol. The van der Waals surface area contributed by atoms with E-state index in [0.29, 0.717) is 31.1 Å². The zero-order chi connectivity index (χ0) is 21.4. The van der Waals surface area contributed by atoms with E-state index in [0.717, 1.165) is 64.8 Å². The van der Waals surface area contributed by atoms with E-state index in [1.807, 2.05) is 4.90 Å². The number of rotatable bonds is 3. The molecule has 0 radical (unpaired) electrons. The van der Waals surface area contributed by atoms with Crippen LogP contribution in [0.15, 0.2) is 18.2 Å². The van der Waals surface area contributed by atoms with Crippen molar-refractivity contribution in [2.45, 2.75) is 44.6 Å². The lowest BCUT2D eigenvalue weighted by Crippen LogP contribution is -2.50. The molecule has 0 N–H and O–H groups in total. The Hall–Kier alpha value is -2.35. The second kappa shape index (κ2) is 8.30. The standard InChI is InChI=1S/C23H30FN3O4/c24-19-15-18(27-10-2-12-31-22(27)29)3-4-20(19)25-9-1-7-23(16-25)8-11-26(21(23)28)17-5-13-30-14-6-17/h3-4,15,17H,1-2,5-14,16H2/t23-/m0/s1. The summed E-state index contributed by atoms with van der Waals surface area (Å²) in [7, 11) is 0. The molecule has 4 saturated heterocycles. The summed E-state index contributed by atoms with van der Waals surface area (Å²) in [6, 6.07) is 5.20.